The lowest BCUT2D eigenvalue weighted by molar-refractivity contribution is -0.145. The molecule has 9 nitrogen and oxygen atoms in total. The molecule has 206 valence electrons. The van der Waals surface area contributed by atoms with Crippen molar-refractivity contribution in [3.8, 4) is 0 Å². The van der Waals surface area contributed by atoms with Gasteiger partial charge in [0.15, 0.2) is 0 Å². The van der Waals surface area contributed by atoms with E-state index in [0.717, 1.165) is 18.6 Å². The Bertz CT molecular complexity index is 1530. The SMILES string of the molecule is Cc1ccc([C@H](Nc2c(Nc3ccc(Cl)c4c3C(=O)N(C3CCCC[C@H]3C(=O)O)C4)c(=O)c2=O)C(C)(C)C)o1. The Morgan fingerprint density at radius 2 is 1.77 bits per heavy atom. The highest BCUT2D eigenvalue weighted by Gasteiger charge is 2.43. The number of aryl methyl sites for hydroxylation is 1. The van der Waals surface area contributed by atoms with Gasteiger partial charge in [0.05, 0.1) is 23.2 Å². The van der Waals surface area contributed by atoms with Gasteiger partial charge in [-0.3, -0.25) is 19.2 Å². The van der Waals surface area contributed by atoms with Crippen molar-refractivity contribution in [2.45, 2.75) is 72.0 Å². The zero-order chi connectivity index (χ0) is 28.2. The van der Waals surface area contributed by atoms with Crippen LogP contribution >= 0.6 is 11.6 Å². The summed E-state index contributed by atoms with van der Waals surface area (Å²) < 4.78 is 5.83. The second-order valence-electron chi connectivity index (χ2n) is 11.6. The third-order valence-corrected chi connectivity index (χ3v) is 8.23. The molecule has 3 atom stereocenters. The highest BCUT2D eigenvalue weighted by Crippen LogP contribution is 2.42. The lowest BCUT2D eigenvalue weighted by Crippen LogP contribution is -2.45. The molecule has 3 N–H and O–H groups in total. The first-order chi connectivity index (χ1) is 18.4. The van der Waals surface area contributed by atoms with Gasteiger partial charge in [-0.25, -0.2) is 0 Å². The second kappa shape index (κ2) is 9.86. The van der Waals surface area contributed by atoms with Crippen LogP contribution in [0.4, 0.5) is 17.1 Å². The van der Waals surface area contributed by atoms with Crippen LogP contribution in [0.2, 0.25) is 5.02 Å². The molecule has 0 radical (unpaired) electrons. The number of fused-ring (bicyclic) bond motifs is 1. The van der Waals surface area contributed by atoms with Gasteiger partial charge in [0, 0.05) is 23.2 Å². The molecule has 2 aromatic carbocycles. The Morgan fingerprint density at radius 1 is 1.08 bits per heavy atom. The summed E-state index contributed by atoms with van der Waals surface area (Å²) in [5.41, 5.74) is -0.294. The first kappa shape index (κ1) is 27.0. The van der Waals surface area contributed by atoms with Crippen molar-refractivity contribution in [3.63, 3.8) is 0 Å². The number of carboxylic acid groups (broad SMARTS) is 1. The first-order valence-corrected chi connectivity index (χ1v) is 13.5. The molecule has 1 aliphatic carbocycles. The van der Waals surface area contributed by atoms with Gasteiger partial charge in [-0.05, 0) is 49.4 Å². The molecule has 1 fully saturated rings. The molecule has 1 amide bonds. The van der Waals surface area contributed by atoms with E-state index in [2.05, 4.69) is 10.6 Å². The fraction of sp³-hybridized carbons (Fsp3) is 0.448. The normalized spacial score (nSPS) is 20.2. The van der Waals surface area contributed by atoms with Gasteiger partial charge < -0.3 is 25.1 Å². The predicted molar refractivity (Wildman–Crippen MR) is 149 cm³/mol. The number of amides is 1. The Morgan fingerprint density at radius 3 is 2.41 bits per heavy atom. The third-order valence-electron chi connectivity index (χ3n) is 7.88. The molecule has 1 aliphatic heterocycles. The number of carboxylic acids is 1. The standard InChI is InChI=1S/C29H32ClN3O6/c1-14-9-12-20(39-14)26(29(2,3)4)32-23-22(24(34)25(23)35)31-18-11-10-17(30)16-13-33(27(36)21(16)18)19-8-6-5-7-15(19)28(37)38/h9-12,15,19,26,31-32H,5-8,13H2,1-4H3,(H,37,38)/t15-,19?,26+/m1/s1. The van der Waals surface area contributed by atoms with E-state index in [-0.39, 0.29) is 29.2 Å². The fourth-order valence-electron chi connectivity index (χ4n) is 5.80. The average Bonchev–Trinajstić information content (AvgIpc) is 3.47. The largest absolute Gasteiger partial charge is 0.481 e. The van der Waals surface area contributed by atoms with Crippen molar-refractivity contribution in [3.05, 3.63) is 72.4 Å². The molecule has 0 spiro atoms. The van der Waals surface area contributed by atoms with E-state index in [0.29, 0.717) is 40.4 Å². The zero-order valence-electron chi connectivity index (χ0n) is 22.4. The van der Waals surface area contributed by atoms with E-state index < -0.39 is 34.8 Å². The quantitative estimate of drug-likeness (QED) is 0.333. The van der Waals surface area contributed by atoms with Gasteiger partial charge in [0.1, 0.15) is 22.9 Å². The maximum atomic E-state index is 13.7. The molecule has 0 bridgehead atoms. The van der Waals surface area contributed by atoms with Gasteiger partial charge in [0.25, 0.3) is 16.8 Å². The molecule has 2 aliphatic rings. The molecule has 5 rings (SSSR count). The summed E-state index contributed by atoms with van der Waals surface area (Å²) in [7, 11) is 0. The lowest BCUT2D eigenvalue weighted by atomic mass is 9.83. The number of halogens is 1. The molecule has 39 heavy (non-hydrogen) atoms. The number of rotatable bonds is 7. The predicted octanol–water partition coefficient (Wildman–Crippen LogP) is 5.38. The van der Waals surface area contributed by atoms with Crippen molar-refractivity contribution in [1.29, 1.82) is 0 Å². The van der Waals surface area contributed by atoms with Crippen LogP contribution in [-0.4, -0.2) is 27.9 Å². The molecule has 0 saturated heterocycles. The Hall–Kier alpha value is -3.59. The van der Waals surface area contributed by atoms with E-state index in [9.17, 15) is 24.3 Å². The minimum absolute atomic E-state index is 0.0642. The number of hydrogen-bond acceptors (Lipinski definition) is 7. The van der Waals surface area contributed by atoms with Crippen LogP contribution in [0.3, 0.4) is 0 Å². The number of hydrogen-bond donors (Lipinski definition) is 3. The number of anilines is 3. The lowest BCUT2D eigenvalue weighted by Gasteiger charge is -2.35. The Labute approximate surface area is 230 Å². The molecule has 1 aromatic heterocycles. The van der Waals surface area contributed by atoms with Crippen LogP contribution in [-0.2, 0) is 11.3 Å². The van der Waals surface area contributed by atoms with Gasteiger partial charge in [0.2, 0.25) is 0 Å². The zero-order valence-corrected chi connectivity index (χ0v) is 23.1. The number of benzene rings is 1. The van der Waals surface area contributed by atoms with Crippen LogP contribution in [0.15, 0.2) is 38.3 Å². The molecule has 10 heteroatoms. The molecule has 1 unspecified atom stereocenters. The summed E-state index contributed by atoms with van der Waals surface area (Å²) in [4.78, 5) is 52.6. The monoisotopic (exact) mass is 553 g/mol. The van der Waals surface area contributed by atoms with Crippen LogP contribution < -0.4 is 21.5 Å². The smallest absolute Gasteiger partial charge is 0.308 e. The fourth-order valence-corrected chi connectivity index (χ4v) is 6.02. The van der Waals surface area contributed by atoms with E-state index in [4.69, 9.17) is 16.0 Å². The number of furan rings is 1. The maximum Gasteiger partial charge on any atom is 0.308 e. The minimum Gasteiger partial charge on any atom is -0.481 e. The van der Waals surface area contributed by atoms with Gasteiger partial charge in [-0.1, -0.05) is 45.2 Å². The van der Waals surface area contributed by atoms with Crippen LogP contribution in [0.25, 0.3) is 0 Å². The van der Waals surface area contributed by atoms with Crippen molar-refractivity contribution in [2.24, 2.45) is 11.3 Å². The molecule has 2 heterocycles. The summed E-state index contributed by atoms with van der Waals surface area (Å²) in [5.74, 6) is -0.520. The van der Waals surface area contributed by atoms with Gasteiger partial charge >= 0.3 is 5.97 Å². The molecular formula is C29H32ClN3O6. The van der Waals surface area contributed by atoms with E-state index >= 15 is 0 Å². The summed E-state index contributed by atoms with van der Waals surface area (Å²) in [6.07, 6.45) is 2.77. The molecule has 3 aromatic rings. The second-order valence-corrected chi connectivity index (χ2v) is 12.0. The number of nitrogens with one attached hydrogen (secondary N) is 2. The van der Waals surface area contributed by atoms with E-state index in [1.54, 1.807) is 17.0 Å². The van der Waals surface area contributed by atoms with Crippen molar-refractivity contribution in [1.82, 2.24) is 4.90 Å². The van der Waals surface area contributed by atoms with Gasteiger partial charge in [-0.15, -0.1) is 0 Å². The van der Waals surface area contributed by atoms with Crippen molar-refractivity contribution >= 4 is 40.5 Å². The van der Waals surface area contributed by atoms with Crippen LogP contribution in [0, 0.1) is 18.3 Å². The number of aliphatic carboxylic acids is 1. The minimum atomic E-state index is -0.910. The highest BCUT2D eigenvalue weighted by molar-refractivity contribution is 6.32. The maximum absolute atomic E-state index is 13.7. The summed E-state index contributed by atoms with van der Waals surface area (Å²) in [6, 6.07) is 6.08. The third kappa shape index (κ3) is 4.73. The topological polar surface area (TPSA) is 129 Å². The van der Waals surface area contributed by atoms with Gasteiger partial charge in [-0.2, -0.15) is 0 Å². The highest BCUT2D eigenvalue weighted by atomic mass is 35.5. The van der Waals surface area contributed by atoms with Crippen molar-refractivity contribution < 1.29 is 19.1 Å². The average molecular weight is 554 g/mol. The Balaban J connectivity index is 1.47. The summed E-state index contributed by atoms with van der Waals surface area (Å²) in [5, 5.41) is 16.4. The molecular weight excluding hydrogens is 522 g/mol. The van der Waals surface area contributed by atoms with Crippen molar-refractivity contribution in [2.75, 3.05) is 10.6 Å². The van der Waals surface area contributed by atoms with Crippen LogP contribution in [0.1, 0.15) is 79.9 Å². The number of nitrogens with zero attached hydrogens (tertiary/aromatic N) is 1. The molecule has 1 saturated carbocycles. The number of carbonyl (C=O) groups is 2. The summed E-state index contributed by atoms with van der Waals surface area (Å²) in [6.45, 7) is 8.02. The van der Waals surface area contributed by atoms with E-state index in [1.165, 1.54) is 0 Å². The van der Waals surface area contributed by atoms with Crippen LogP contribution in [0.5, 0.6) is 0 Å². The first-order valence-electron chi connectivity index (χ1n) is 13.2. The van der Waals surface area contributed by atoms with E-state index in [1.807, 2.05) is 39.8 Å². The summed E-state index contributed by atoms with van der Waals surface area (Å²) >= 11 is 6.49. The Kier molecular flexibility index (Phi) is 6.83. The number of carbonyl (C=O) groups excluding carboxylic acids is 1.